The van der Waals surface area contributed by atoms with E-state index in [4.69, 9.17) is 16.2 Å². The predicted octanol–water partition coefficient (Wildman–Crippen LogP) is 1.17. The Morgan fingerprint density at radius 2 is 1.34 bits per heavy atom. The van der Waals surface area contributed by atoms with E-state index in [1.807, 2.05) is 24.3 Å². The normalized spacial score (nSPS) is 25.1. The van der Waals surface area contributed by atoms with Crippen LogP contribution < -0.4 is 52.6 Å². The predicted molar refractivity (Wildman–Crippen MR) is 301 cm³/mol. The molecule has 80 heavy (non-hydrogen) atoms. The summed E-state index contributed by atoms with van der Waals surface area (Å²) in [5.41, 5.74) is 15.3. The lowest BCUT2D eigenvalue weighted by atomic mass is 10.0. The molecule has 436 valence electrons. The number of hydrogen-bond acceptors (Lipinski definition) is 15. The van der Waals surface area contributed by atoms with Gasteiger partial charge in [-0.2, -0.15) is 0 Å². The Balaban J connectivity index is 1.05. The van der Waals surface area contributed by atoms with Crippen LogP contribution in [0.5, 0.6) is 11.5 Å². The average Bonchev–Trinajstić information content (AvgIpc) is 4.11. The minimum absolute atomic E-state index is 0.00118. The van der Waals surface area contributed by atoms with Crippen molar-refractivity contribution in [3.63, 3.8) is 0 Å². The first-order valence-electron chi connectivity index (χ1n) is 28.6. The number of piperazine rings is 1. The fourth-order valence-electron chi connectivity index (χ4n) is 10.9. The number of phenols is 1. The highest BCUT2D eigenvalue weighted by molar-refractivity contribution is 6.00. The molecule has 9 atom stereocenters. The fraction of sp³-hybridized carbons (Fsp3) is 0.569. The first-order chi connectivity index (χ1) is 38.5. The van der Waals surface area contributed by atoms with Crippen molar-refractivity contribution in [3.8, 4) is 11.5 Å². The molecule has 0 bridgehead atoms. The minimum Gasteiger partial charge on any atom is -0.508 e. The van der Waals surface area contributed by atoms with Gasteiger partial charge in [0, 0.05) is 75.2 Å². The lowest BCUT2D eigenvalue weighted by Gasteiger charge is -2.37. The summed E-state index contributed by atoms with van der Waals surface area (Å²) in [6, 6.07) is 13.0. The highest BCUT2D eigenvalue weighted by Crippen LogP contribution is 2.26. The van der Waals surface area contributed by atoms with E-state index in [1.54, 1.807) is 24.3 Å². The molecule has 0 aromatic heterocycles. The number of rotatable bonds is 18. The number of anilines is 2. The molecule has 3 aromatic rings. The van der Waals surface area contributed by atoms with E-state index >= 15 is 0 Å². The molecule has 22 nitrogen and oxygen atoms in total. The zero-order valence-electron chi connectivity index (χ0n) is 46.2. The number of nitrogens with zero attached hydrogens (tertiary/aromatic N) is 4. The summed E-state index contributed by atoms with van der Waals surface area (Å²) in [4.78, 5) is 106. The van der Waals surface area contributed by atoms with Crippen molar-refractivity contribution in [2.24, 2.45) is 11.5 Å². The number of carbonyl (C=O) groups is 7. The summed E-state index contributed by atoms with van der Waals surface area (Å²) < 4.78 is 5.99. The molecule has 4 aliphatic rings. The molecule has 7 amide bonds. The van der Waals surface area contributed by atoms with E-state index < -0.39 is 95.9 Å². The fourth-order valence-corrected chi connectivity index (χ4v) is 10.9. The van der Waals surface area contributed by atoms with Crippen molar-refractivity contribution < 1.29 is 53.6 Å². The van der Waals surface area contributed by atoms with Crippen molar-refractivity contribution in [2.75, 3.05) is 68.8 Å². The molecular formula is C58H83N11O11. The Morgan fingerprint density at radius 1 is 0.725 bits per heavy atom. The number of hydrogen-bond donors (Lipinski definition) is 10. The Morgan fingerprint density at radius 3 is 1.99 bits per heavy atom. The Kier molecular flexibility index (Phi) is 22.3. The van der Waals surface area contributed by atoms with Gasteiger partial charge in [0.1, 0.15) is 47.8 Å². The molecule has 12 N–H and O–H groups in total. The second-order valence-corrected chi connectivity index (χ2v) is 21.6. The largest absolute Gasteiger partial charge is 0.508 e. The molecule has 0 spiro atoms. The third-order valence-electron chi connectivity index (χ3n) is 15.5. The number of amides is 7. The second kappa shape index (κ2) is 29.5. The van der Waals surface area contributed by atoms with Gasteiger partial charge in [0.2, 0.25) is 35.4 Å². The molecule has 4 fully saturated rings. The van der Waals surface area contributed by atoms with Crippen LogP contribution in [0.25, 0.3) is 0 Å². The summed E-state index contributed by atoms with van der Waals surface area (Å²) in [6.07, 6.45) is 4.67. The molecule has 4 aliphatic heterocycles. The number of aromatic hydroxyl groups is 1. The van der Waals surface area contributed by atoms with E-state index in [1.165, 1.54) is 56.1 Å². The van der Waals surface area contributed by atoms with Gasteiger partial charge < -0.3 is 77.7 Å². The Bertz CT molecular complexity index is 2550. The van der Waals surface area contributed by atoms with Gasteiger partial charge in [0.15, 0.2) is 0 Å². The van der Waals surface area contributed by atoms with Crippen molar-refractivity contribution in [1.29, 1.82) is 0 Å². The summed E-state index contributed by atoms with van der Waals surface area (Å²) in [6.45, 7) is 6.87. The van der Waals surface area contributed by atoms with E-state index in [0.29, 0.717) is 12.2 Å². The van der Waals surface area contributed by atoms with Crippen LogP contribution in [0.2, 0.25) is 0 Å². The van der Waals surface area contributed by atoms with Gasteiger partial charge in [-0.3, -0.25) is 33.6 Å². The van der Waals surface area contributed by atoms with Crippen LogP contribution in [0, 0.1) is 0 Å². The van der Waals surface area contributed by atoms with Crippen LogP contribution >= 0.6 is 0 Å². The highest BCUT2D eigenvalue weighted by atomic mass is 16.5. The molecule has 4 heterocycles. The molecule has 0 radical (unpaired) electrons. The zero-order chi connectivity index (χ0) is 57.3. The maximum atomic E-state index is 14.4. The van der Waals surface area contributed by atoms with Crippen LogP contribution in [-0.2, 0) is 35.2 Å². The highest BCUT2D eigenvalue weighted by Gasteiger charge is 2.45. The number of nitrogens with two attached hydrogens (primary N) is 2. The number of ether oxygens (including phenoxy) is 1. The number of nitrogens with one attached hydrogen (secondary N) is 5. The molecule has 0 aliphatic carbocycles. The van der Waals surface area contributed by atoms with E-state index in [2.05, 4.69) is 55.4 Å². The summed E-state index contributed by atoms with van der Waals surface area (Å²) in [7, 11) is 0. The van der Waals surface area contributed by atoms with Crippen molar-refractivity contribution in [3.05, 3.63) is 83.9 Å². The molecule has 22 heteroatoms. The van der Waals surface area contributed by atoms with Crippen molar-refractivity contribution in [1.82, 2.24) is 36.4 Å². The number of aliphatic hydroxyl groups excluding tert-OH is 2. The monoisotopic (exact) mass is 1110 g/mol. The van der Waals surface area contributed by atoms with E-state index in [0.717, 1.165) is 54.6 Å². The van der Waals surface area contributed by atoms with Crippen LogP contribution in [-0.4, -0.2) is 180 Å². The third kappa shape index (κ3) is 16.5. The van der Waals surface area contributed by atoms with Crippen LogP contribution in [0.3, 0.4) is 0 Å². The molecule has 0 saturated carbocycles. The van der Waals surface area contributed by atoms with Gasteiger partial charge in [-0.1, -0.05) is 51.2 Å². The number of unbranched alkanes of at least 4 members (excludes halogenated alkanes) is 5. The number of aryl methyl sites for hydroxylation is 1. The maximum Gasteiger partial charge on any atom is 0.251 e. The smallest absolute Gasteiger partial charge is 0.251 e. The number of aliphatic hydroxyl groups is 2. The molecular weight excluding hydrogens is 1030 g/mol. The minimum atomic E-state index is -1.65. The standard InChI is InChI=1S/C58H83N11O11/c1-3-4-5-6-7-8-32-80-45-22-18-42(19-23-45)67-30-28-66(29-31-67)41-16-14-39(15-17-41)52(73)62-46-10-9-27-61-55(76)49-33-40(60)35-68(49)57(78)48(25-26-59)64-53(74)47(24-13-38-11-20-43(71)21-12-38)63-56(77)50-34-44(72)36-69(50)58(79)51(37(2)70)65-54(46)75/h11-12,14-23,37,40,44,46-51,70-72H,3-10,13,24-36,59-60H2,1-2H3,(H,61,76)(H,62,73)(H,63,77)(H,64,74)(H,65,75)/t37-,40?,44-,46?,47?,48?,49?,50?,51?/m1/s1. The first-order valence-corrected chi connectivity index (χ1v) is 28.6. The quantitative estimate of drug-likeness (QED) is 0.0800. The van der Waals surface area contributed by atoms with Gasteiger partial charge in [-0.25, -0.2) is 0 Å². The van der Waals surface area contributed by atoms with Crippen LogP contribution in [0.4, 0.5) is 11.4 Å². The summed E-state index contributed by atoms with van der Waals surface area (Å²) in [5, 5.41) is 45.5. The van der Waals surface area contributed by atoms with Crippen molar-refractivity contribution in [2.45, 2.75) is 152 Å². The molecule has 7 rings (SSSR count). The molecule has 4 saturated heterocycles. The molecule has 3 aromatic carbocycles. The lowest BCUT2D eigenvalue weighted by molar-refractivity contribution is -0.145. The third-order valence-corrected chi connectivity index (χ3v) is 15.5. The van der Waals surface area contributed by atoms with Gasteiger partial charge >= 0.3 is 0 Å². The number of phenolic OH excluding ortho intramolecular Hbond substituents is 1. The summed E-state index contributed by atoms with van der Waals surface area (Å²) in [5.74, 6) is -4.16. The molecule has 7 unspecified atom stereocenters. The van der Waals surface area contributed by atoms with Gasteiger partial charge in [0.05, 0.1) is 18.8 Å². The second-order valence-electron chi connectivity index (χ2n) is 21.6. The topological polar surface area (TPSA) is 315 Å². The Hall–Kier alpha value is -7.01. The lowest BCUT2D eigenvalue weighted by Crippen LogP contribution is -2.61. The zero-order valence-corrected chi connectivity index (χ0v) is 46.2. The summed E-state index contributed by atoms with van der Waals surface area (Å²) >= 11 is 0. The van der Waals surface area contributed by atoms with Gasteiger partial charge in [0.25, 0.3) is 5.91 Å². The van der Waals surface area contributed by atoms with Gasteiger partial charge in [-0.05, 0) is 125 Å². The van der Waals surface area contributed by atoms with Crippen LogP contribution in [0.15, 0.2) is 72.8 Å². The first kappa shape index (κ1) is 60.6. The number of benzene rings is 3. The maximum absolute atomic E-state index is 14.4. The van der Waals surface area contributed by atoms with E-state index in [-0.39, 0.29) is 82.4 Å². The van der Waals surface area contributed by atoms with Crippen LogP contribution in [0.1, 0.15) is 107 Å². The van der Waals surface area contributed by atoms with Gasteiger partial charge in [-0.15, -0.1) is 0 Å². The van der Waals surface area contributed by atoms with Crippen molar-refractivity contribution >= 4 is 52.7 Å². The number of carbonyl (C=O) groups excluding carboxylic acids is 7. The number of fused-ring (bicyclic) bond motifs is 2. The Labute approximate surface area is 468 Å². The average molecular weight is 1110 g/mol. The van der Waals surface area contributed by atoms with E-state index in [9.17, 15) is 48.9 Å². The SMILES string of the molecule is CCCCCCCCOc1ccc(N2CCN(c3ccc(C(=O)NC4CCCNC(=O)C5CC(N)CN5C(=O)C(CCN)NC(=O)C(CCc5ccc(O)cc5)NC(=O)C5C[C@@H](O)CN5C(=O)C([C@@H](C)O)NC4=O)cc3)CC2)cc1.